The first-order valence-corrected chi connectivity index (χ1v) is 7.00. The van der Waals surface area contributed by atoms with Crippen molar-refractivity contribution in [2.45, 2.75) is 24.0 Å². The maximum absolute atomic E-state index is 12.1. The standard InChI is InChI=1S/C15H14N2O2S/c1-10-14(7-8-19-10)20-11(2)15(18)17-13-5-3-12(9-16)4-6-13/h3-8,11H,1-2H3,(H,17,18). The summed E-state index contributed by atoms with van der Waals surface area (Å²) in [5.41, 5.74) is 1.25. The van der Waals surface area contributed by atoms with Crippen LogP contribution in [0.25, 0.3) is 0 Å². The lowest BCUT2D eigenvalue weighted by Gasteiger charge is -2.11. The van der Waals surface area contributed by atoms with Gasteiger partial charge in [-0.3, -0.25) is 4.79 Å². The fourth-order valence-electron chi connectivity index (χ4n) is 1.61. The van der Waals surface area contributed by atoms with Gasteiger partial charge in [0.05, 0.1) is 23.1 Å². The molecule has 0 spiro atoms. The summed E-state index contributed by atoms with van der Waals surface area (Å²) < 4.78 is 5.21. The number of carbonyl (C=O) groups is 1. The van der Waals surface area contributed by atoms with Crippen LogP contribution in [0.5, 0.6) is 0 Å². The number of hydrogen-bond acceptors (Lipinski definition) is 4. The molecule has 0 saturated carbocycles. The van der Waals surface area contributed by atoms with Crippen molar-refractivity contribution in [3.05, 3.63) is 47.9 Å². The van der Waals surface area contributed by atoms with E-state index < -0.39 is 0 Å². The molecule has 0 aliphatic carbocycles. The lowest BCUT2D eigenvalue weighted by molar-refractivity contribution is -0.115. The van der Waals surface area contributed by atoms with Gasteiger partial charge in [-0.15, -0.1) is 11.8 Å². The van der Waals surface area contributed by atoms with Gasteiger partial charge in [-0.1, -0.05) is 0 Å². The molecule has 1 aromatic carbocycles. The molecule has 0 radical (unpaired) electrons. The molecule has 1 aromatic heterocycles. The molecule has 2 aromatic rings. The molecule has 0 fully saturated rings. The molecule has 2 rings (SSSR count). The fraction of sp³-hybridized carbons (Fsp3) is 0.200. The van der Waals surface area contributed by atoms with Crippen LogP contribution >= 0.6 is 11.8 Å². The molecule has 102 valence electrons. The maximum atomic E-state index is 12.1. The van der Waals surface area contributed by atoms with Crippen molar-refractivity contribution >= 4 is 23.4 Å². The Morgan fingerprint density at radius 1 is 1.35 bits per heavy atom. The van der Waals surface area contributed by atoms with Crippen molar-refractivity contribution < 1.29 is 9.21 Å². The number of aryl methyl sites for hydroxylation is 1. The maximum Gasteiger partial charge on any atom is 0.237 e. The van der Waals surface area contributed by atoms with Crippen LogP contribution < -0.4 is 5.32 Å². The number of carbonyl (C=O) groups excluding carboxylic acids is 1. The first-order chi connectivity index (χ1) is 9.60. The van der Waals surface area contributed by atoms with Gasteiger partial charge in [-0.05, 0) is 44.2 Å². The zero-order valence-electron chi connectivity index (χ0n) is 11.2. The van der Waals surface area contributed by atoms with E-state index in [4.69, 9.17) is 9.68 Å². The Labute approximate surface area is 121 Å². The Kier molecular flexibility index (Phi) is 4.49. The van der Waals surface area contributed by atoms with Crippen LogP contribution in [0.15, 0.2) is 45.9 Å². The van der Waals surface area contributed by atoms with Crippen LogP contribution in [0.2, 0.25) is 0 Å². The van der Waals surface area contributed by atoms with E-state index in [1.54, 1.807) is 30.5 Å². The third-order valence-electron chi connectivity index (χ3n) is 2.77. The summed E-state index contributed by atoms with van der Waals surface area (Å²) in [4.78, 5) is 13.0. The van der Waals surface area contributed by atoms with Gasteiger partial charge < -0.3 is 9.73 Å². The van der Waals surface area contributed by atoms with Gasteiger partial charge in [0, 0.05) is 10.6 Å². The lowest BCUT2D eigenvalue weighted by Crippen LogP contribution is -2.22. The largest absolute Gasteiger partial charge is 0.468 e. The molecule has 0 aliphatic rings. The normalized spacial score (nSPS) is 11.7. The number of benzene rings is 1. The minimum Gasteiger partial charge on any atom is -0.468 e. The van der Waals surface area contributed by atoms with Crippen molar-refractivity contribution in [2.75, 3.05) is 5.32 Å². The van der Waals surface area contributed by atoms with E-state index in [2.05, 4.69) is 5.32 Å². The third kappa shape index (κ3) is 3.43. The summed E-state index contributed by atoms with van der Waals surface area (Å²) in [7, 11) is 0. The minimum absolute atomic E-state index is 0.0830. The highest BCUT2D eigenvalue weighted by Gasteiger charge is 2.16. The van der Waals surface area contributed by atoms with E-state index in [9.17, 15) is 4.79 Å². The van der Waals surface area contributed by atoms with Crippen molar-refractivity contribution in [2.24, 2.45) is 0 Å². The second-order valence-electron chi connectivity index (χ2n) is 4.28. The second kappa shape index (κ2) is 6.31. The quantitative estimate of drug-likeness (QED) is 0.872. The van der Waals surface area contributed by atoms with Crippen LogP contribution in [0, 0.1) is 18.3 Å². The molecular weight excluding hydrogens is 272 g/mol. The summed E-state index contributed by atoms with van der Waals surface area (Å²) in [5.74, 6) is 0.730. The molecule has 0 bridgehead atoms. The van der Waals surface area contributed by atoms with Crippen LogP contribution in [-0.4, -0.2) is 11.2 Å². The van der Waals surface area contributed by atoms with Gasteiger partial charge in [0.1, 0.15) is 5.76 Å². The van der Waals surface area contributed by atoms with Crippen LogP contribution in [0.3, 0.4) is 0 Å². The number of nitriles is 1. The van der Waals surface area contributed by atoms with E-state index in [1.165, 1.54) is 11.8 Å². The third-order valence-corrected chi connectivity index (χ3v) is 4.01. The molecule has 0 aliphatic heterocycles. The average Bonchev–Trinajstić information content (AvgIpc) is 2.85. The van der Waals surface area contributed by atoms with Crippen molar-refractivity contribution in [3.8, 4) is 6.07 Å². The van der Waals surface area contributed by atoms with Gasteiger partial charge >= 0.3 is 0 Å². The van der Waals surface area contributed by atoms with E-state index >= 15 is 0 Å². The van der Waals surface area contributed by atoms with E-state index in [-0.39, 0.29) is 11.2 Å². The molecule has 1 atom stereocenters. The minimum atomic E-state index is -0.234. The first-order valence-electron chi connectivity index (χ1n) is 6.12. The number of anilines is 1. The Morgan fingerprint density at radius 3 is 2.60 bits per heavy atom. The highest BCUT2D eigenvalue weighted by Crippen LogP contribution is 2.27. The molecular formula is C15H14N2O2S. The van der Waals surface area contributed by atoms with Crippen LogP contribution in [0.4, 0.5) is 5.69 Å². The molecule has 1 N–H and O–H groups in total. The van der Waals surface area contributed by atoms with Crippen molar-refractivity contribution in [3.63, 3.8) is 0 Å². The Hall–Kier alpha value is -2.19. The number of amides is 1. The van der Waals surface area contributed by atoms with Gasteiger partial charge in [0.15, 0.2) is 0 Å². The fourth-order valence-corrected chi connectivity index (χ4v) is 2.51. The van der Waals surface area contributed by atoms with E-state index in [0.29, 0.717) is 11.3 Å². The molecule has 1 unspecified atom stereocenters. The zero-order valence-corrected chi connectivity index (χ0v) is 12.0. The highest BCUT2D eigenvalue weighted by atomic mass is 32.2. The van der Waals surface area contributed by atoms with Gasteiger partial charge in [-0.2, -0.15) is 5.26 Å². The summed E-state index contributed by atoms with van der Waals surface area (Å²) in [6.07, 6.45) is 1.61. The zero-order chi connectivity index (χ0) is 14.5. The van der Waals surface area contributed by atoms with Gasteiger partial charge in [0.25, 0.3) is 0 Å². The summed E-state index contributed by atoms with van der Waals surface area (Å²) in [6, 6.07) is 10.7. The summed E-state index contributed by atoms with van der Waals surface area (Å²) in [6.45, 7) is 3.71. The number of furan rings is 1. The van der Waals surface area contributed by atoms with Crippen molar-refractivity contribution in [1.82, 2.24) is 0 Å². The molecule has 5 heteroatoms. The molecule has 20 heavy (non-hydrogen) atoms. The second-order valence-corrected chi connectivity index (χ2v) is 5.66. The Balaban J connectivity index is 1.97. The number of nitrogens with one attached hydrogen (secondary N) is 1. The summed E-state index contributed by atoms with van der Waals surface area (Å²) in [5, 5.41) is 11.3. The van der Waals surface area contributed by atoms with E-state index in [1.807, 2.05) is 26.0 Å². The van der Waals surface area contributed by atoms with Crippen LogP contribution in [0.1, 0.15) is 18.2 Å². The predicted octanol–water partition coefficient (Wildman–Crippen LogP) is 3.58. The Morgan fingerprint density at radius 2 is 2.05 bits per heavy atom. The molecule has 0 saturated heterocycles. The molecule has 1 heterocycles. The smallest absolute Gasteiger partial charge is 0.237 e. The average molecular weight is 286 g/mol. The number of rotatable bonds is 4. The molecule has 1 amide bonds. The molecule has 4 nitrogen and oxygen atoms in total. The monoisotopic (exact) mass is 286 g/mol. The van der Waals surface area contributed by atoms with Gasteiger partial charge in [0.2, 0.25) is 5.91 Å². The van der Waals surface area contributed by atoms with Crippen LogP contribution in [-0.2, 0) is 4.79 Å². The number of thioether (sulfide) groups is 1. The van der Waals surface area contributed by atoms with E-state index in [0.717, 1.165) is 10.7 Å². The van der Waals surface area contributed by atoms with Crippen molar-refractivity contribution in [1.29, 1.82) is 5.26 Å². The van der Waals surface area contributed by atoms with Gasteiger partial charge in [-0.25, -0.2) is 0 Å². The highest BCUT2D eigenvalue weighted by molar-refractivity contribution is 8.00. The first kappa shape index (κ1) is 14.2. The number of nitrogens with zero attached hydrogens (tertiary/aromatic N) is 1. The number of hydrogen-bond donors (Lipinski definition) is 1. The topological polar surface area (TPSA) is 66.0 Å². The summed E-state index contributed by atoms with van der Waals surface area (Å²) >= 11 is 1.45. The Bertz CT molecular complexity index is 641. The lowest BCUT2D eigenvalue weighted by atomic mass is 10.2. The SMILES string of the molecule is Cc1occc1SC(C)C(=O)Nc1ccc(C#N)cc1. The predicted molar refractivity (Wildman–Crippen MR) is 78.6 cm³/mol.